The highest BCUT2D eigenvalue weighted by molar-refractivity contribution is 7.95. The van der Waals surface area contributed by atoms with E-state index in [1.54, 1.807) is 20.2 Å². The Morgan fingerprint density at radius 3 is 2.20 bits per heavy atom. The topological polar surface area (TPSA) is 115 Å². The standard InChI is InChI=1S/C18H26N2O5S.C11H17NO3/c1-6-7-11-23-16(21)19(4)26-20(5)17(22)24-14-10-8-9-13-12-18(2,3)25-15(13)14;1-11(2)6-8(13)5-9(7-11)15-10(14)12(3)4/h8-10H,6-7,11-12H2,1-5H3;5H,6-7H2,1-4H3. The SMILES string of the molecule is CCCCOC(=O)N(C)SN(C)C(=O)Oc1cccc2c1OC(C)(C)C2.CN(C)C(=O)OC1=CC(=O)CC(C)(C)C1. The molecule has 0 radical (unpaired) electrons. The number of rotatable bonds is 7. The number of carbonyl (C=O) groups is 4. The van der Waals surface area contributed by atoms with Crippen LogP contribution in [0.5, 0.6) is 11.5 Å². The number of carbonyl (C=O) groups excluding carboxylic acids is 4. The summed E-state index contributed by atoms with van der Waals surface area (Å²) in [5, 5.41) is 0. The third-order valence-electron chi connectivity index (χ3n) is 5.95. The molecule has 2 aliphatic rings. The molecule has 1 aromatic carbocycles. The van der Waals surface area contributed by atoms with Crippen LogP contribution < -0.4 is 9.47 Å². The predicted octanol–water partition coefficient (Wildman–Crippen LogP) is 6.22. The first-order valence-electron chi connectivity index (χ1n) is 13.5. The normalized spacial score (nSPS) is 16.1. The first-order chi connectivity index (χ1) is 19.0. The van der Waals surface area contributed by atoms with E-state index in [2.05, 4.69) is 0 Å². The van der Waals surface area contributed by atoms with Crippen molar-refractivity contribution in [3.8, 4) is 11.5 Å². The van der Waals surface area contributed by atoms with Gasteiger partial charge in [0.05, 0.1) is 18.7 Å². The maximum atomic E-state index is 12.3. The first-order valence-corrected chi connectivity index (χ1v) is 14.2. The van der Waals surface area contributed by atoms with E-state index >= 15 is 0 Å². The van der Waals surface area contributed by atoms with Gasteiger partial charge < -0.3 is 23.8 Å². The average Bonchev–Trinajstić information content (AvgIpc) is 3.17. The van der Waals surface area contributed by atoms with Gasteiger partial charge in [-0.1, -0.05) is 39.3 Å². The van der Waals surface area contributed by atoms with Crippen LogP contribution in [0.4, 0.5) is 14.4 Å². The smallest absolute Gasteiger partial charge is 0.426 e. The average molecular weight is 594 g/mol. The molecule has 1 aromatic rings. The van der Waals surface area contributed by atoms with Crippen molar-refractivity contribution in [1.82, 2.24) is 13.5 Å². The van der Waals surface area contributed by atoms with E-state index in [9.17, 15) is 19.2 Å². The number of ether oxygens (including phenoxy) is 4. The second kappa shape index (κ2) is 14.5. The molecule has 0 saturated carbocycles. The Morgan fingerprint density at radius 2 is 1.59 bits per heavy atom. The summed E-state index contributed by atoms with van der Waals surface area (Å²) < 4.78 is 24.0. The Morgan fingerprint density at radius 1 is 0.927 bits per heavy atom. The Kier molecular flexibility index (Phi) is 11.9. The molecule has 11 nitrogen and oxygen atoms in total. The van der Waals surface area contributed by atoms with Crippen LogP contribution >= 0.6 is 12.1 Å². The molecule has 1 aliphatic carbocycles. The molecule has 3 amide bonds. The third-order valence-corrected chi connectivity index (χ3v) is 6.73. The van der Waals surface area contributed by atoms with E-state index in [0.717, 1.165) is 37.0 Å². The molecule has 12 heteroatoms. The van der Waals surface area contributed by atoms with Crippen LogP contribution in [-0.2, 0) is 20.7 Å². The number of hydrogen-bond donors (Lipinski definition) is 0. The van der Waals surface area contributed by atoms with Gasteiger partial charge in [0.25, 0.3) is 0 Å². The van der Waals surface area contributed by atoms with Gasteiger partial charge in [0, 0.05) is 59.1 Å². The molecule has 0 N–H and O–H groups in total. The highest BCUT2D eigenvalue weighted by atomic mass is 32.2. The molecule has 41 heavy (non-hydrogen) atoms. The summed E-state index contributed by atoms with van der Waals surface area (Å²) in [7, 11) is 6.28. The second-order valence-corrected chi connectivity index (χ2v) is 12.8. The van der Waals surface area contributed by atoms with E-state index in [-0.39, 0.29) is 16.8 Å². The van der Waals surface area contributed by atoms with Gasteiger partial charge in [0.2, 0.25) is 0 Å². The summed E-state index contributed by atoms with van der Waals surface area (Å²) in [5.74, 6) is 1.46. The summed E-state index contributed by atoms with van der Waals surface area (Å²) >= 11 is 0.903. The number of amides is 3. The van der Waals surface area contributed by atoms with Crippen molar-refractivity contribution in [3.63, 3.8) is 0 Å². The Hall–Kier alpha value is -3.41. The second-order valence-electron chi connectivity index (χ2n) is 11.6. The predicted molar refractivity (Wildman–Crippen MR) is 157 cm³/mol. The van der Waals surface area contributed by atoms with E-state index in [4.69, 9.17) is 18.9 Å². The molecular formula is C29H43N3O8S. The minimum absolute atomic E-state index is 0.0211. The summed E-state index contributed by atoms with van der Waals surface area (Å²) in [5.41, 5.74) is 0.564. The monoisotopic (exact) mass is 593 g/mol. The molecule has 0 saturated heterocycles. The number of nitrogens with zero attached hydrogens (tertiary/aromatic N) is 3. The van der Waals surface area contributed by atoms with Gasteiger partial charge in [-0.2, -0.15) is 0 Å². The maximum absolute atomic E-state index is 12.3. The Labute approximate surface area is 247 Å². The third kappa shape index (κ3) is 10.8. The van der Waals surface area contributed by atoms with Crippen molar-refractivity contribution >= 4 is 36.2 Å². The zero-order valence-corrected chi connectivity index (χ0v) is 26.4. The van der Waals surface area contributed by atoms with Crippen molar-refractivity contribution < 1.29 is 38.1 Å². The number of hydrogen-bond acceptors (Lipinski definition) is 9. The zero-order valence-electron chi connectivity index (χ0n) is 25.6. The Balaban J connectivity index is 0.000000333. The lowest BCUT2D eigenvalue weighted by molar-refractivity contribution is -0.117. The fraction of sp³-hybridized carbons (Fsp3) is 0.586. The molecular weight excluding hydrogens is 550 g/mol. The fourth-order valence-corrected chi connectivity index (χ4v) is 4.62. The van der Waals surface area contributed by atoms with E-state index in [0.29, 0.717) is 36.7 Å². The van der Waals surface area contributed by atoms with Crippen LogP contribution in [0, 0.1) is 5.41 Å². The van der Waals surface area contributed by atoms with Crippen LogP contribution in [0.15, 0.2) is 30.0 Å². The molecule has 0 aromatic heterocycles. The van der Waals surface area contributed by atoms with Crippen molar-refractivity contribution in [1.29, 1.82) is 0 Å². The number of allylic oxidation sites excluding steroid dienone is 2. The minimum Gasteiger partial charge on any atom is -0.483 e. The summed E-state index contributed by atoms with van der Waals surface area (Å²) in [4.78, 5) is 48.2. The van der Waals surface area contributed by atoms with Gasteiger partial charge in [-0.05, 0) is 31.7 Å². The molecule has 1 heterocycles. The highest BCUT2D eigenvalue weighted by Gasteiger charge is 2.33. The number of fused-ring (bicyclic) bond motifs is 1. The Bertz CT molecular complexity index is 1150. The fourth-order valence-electron chi connectivity index (χ4n) is 4.03. The van der Waals surface area contributed by atoms with Crippen molar-refractivity contribution in [2.24, 2.45) is 5.41 Å². The molecule has 228 valence electrons. The maximum Gasteiger partial charge on any atom is 0.426 e. The number of unbranched alkanes of at least 4 members (excludes halogenated alkanes) is 1. The van der Waals surface area contributed by atoms with E-state index < -0.39 is 18.3 Å². The lowest BCUT2D eigenvalue weighted by Crippen LogP contribution is -2.31. The number of benzene rings is 1. The summed E-state index contributed by atoms with van der Waals surface area (Å²) in [6.07, 6.45) is 3.50. The van der Waals surface area contributed by atoms with Gasteiger partial charge in [0.1, 0.15) is 11.4 Å². The van der Waals surface area contributed by atoms with Gasteiger partial charge in [-0.3, -0.25) is 4.79 Å². The summed E-state index contributed by atoms with van der Waals surface area (Å²) in [6, 6.07) is 5.48. The molecule has 1 aliphatic heterocycles. The van der Waals surface area contributed by atoms with Crippen molar-refractivity contribution in [3.05, 3.63) is 35.6 Å². The molecule has 3 rings (SSSR count). The quantitative estimate of drug-likeness (QED) is 0.268. The van der Waals surface area contributed by atoms with Gasteiger partial charge >= 0.3 is 18.3 Å². The lowest BCUT2D eigenvalue weighted by Gasteiger charge is -2.28. The molecule has 0 spiro atoms. The zero-order chi connectivity index (χ0) is 31.0. The minimum atomic E-state index is -0.607. The lowest BCUT2D eigenvalue weighted by atomic mass is 9.79. The van der Waals surface area contributed by atoms with E-state index in [1.807, 2.05) is 46.8 Å². The number of para-hydroxylation sites is 1. The molecule has 0 atom stereocenters. The molecule has 0 bridgehead atoms. The molecule has 0 unspecified atom stereocenters. The molecule has 0 fully saturated rings. The van der Waals surface area contributed by atoms with Crippen LogP contribution in [0.25, 0.3) is 0 Å². The van der Waals surface area contributed by atoms with Gasteiger partial charge in [-0.15, -0.1) is 0 Å². The van der Waals surface area contributed by atoms with Crippen LogP contribution in [-0.4, -0.2) is 78.0 Å². The van der Waals surface area contributed by atoms with Crippen LogP contribution in [0.1, 0.15) is 65.9 Å². The highest BCUT2D eigenvalue weighted by Crippen LogP contribution is 2.42. The van der Waals surface area contributed by atoms with Gasteiger partial charge in [0.15, 0.2) is 17.3 Å². The van der Waals surface area contributed by atoms with Gasteiger partial charge in [-0.25, -0.2) is 23.0 Å². The van der Waals surface area contributed by atoms with Crippen LogP contribution in [0.3, 0.4) is 0 Å². The van der Waals surface area contributed by atoms with Crippen molar-refractivity contribution in [2.45, 2.75) is 72.3 Å². The van der Waals surface area contributed by atoms with Crippen LogP contribution in [0.2, 0.25) is 0 Å². The first kappa shape index (κ1) is 33.8. The summed E-state index contributed by atoms with van der Waals surface area (Å²) in [6.45, 7) is 10.3. The largest absolute Gasteiger partial charge is 0.483 e. The van der Waals surface area contributed by atoms with E-state index in [1.165, 1.54) is 33.7 Å². The van der Waals surface area contributed by atoms with Crippen molar-refractivity contribution in [2.75, 3.05) is 34.8 Å². The number of ketones is 1.